The van der Waals surface area contributed by atoms with Crippen molar-refractivity contribution >= 4 is 16.7 Å². The van der Waals surface area contributed by atoms with Gasteiger partial charge in [0.05, 0.1) is 6.04 Å². The van der Waals surface area contributed by atoms with Gasteiger partial charge in [0, 0.05) is 51.4 Å². The second-order valence-corrected chi connectivity index (χ2v) is 8.70. The van der Waals surface area contributed by atoms with E-state index in [0.717, 1.165) is 51.4 Å². The Balaban J connectivity index is 1.70. The summed E-state index contributed by atoms with van der Waals surface area (Å²) in [4.78, 5) is 19.7. The maximum Gasteiger partial charge on any atom is 0.253 e. The normalized spacial score (nSPS) is 15.9. The summed E-state index contributed by atoms with van der Waals surface area (Å²) in [6.07, 6.45) is 1.99. The number of carbonyl (C=O) groups is 1. The molecule has 0 saturated carbocycles. The van der Waals surface area contributed by atoms with E-state index in [0.29, 0.717) is 0 Å². The Hall–Kier alpha value is -2.95. The van der Waals surface area contributed by atoms with Gasteiger partial charge in [0.1, 0.15) is 0 Å². The maximum atomic E-state index is 12.8. The summed E-state index contributed by atoms with van der Waals surface area (Å²) in [6, 6.07) is 23.7. The van der Waals surface area contributed by atoms with Crippen molar-refractivity contribution in [1.29, 1.82) is 0 Å². The third-order valence-corrected chi connectivity index (χ3v) is 6.80. The Morgan fingerprint density at radius 1 is 0.939 bits per heavy atom. The molecule has 1 aliphatic rings. The van der Waals surface area contributed by atoms with Crippen LogP contribution < -0.4 is 0 Å². The summed E-state index contributed by atoms with van der Waals surface area (Å²) >= 11 is 0. The molecule has 1 heterocycles. The van der Waals surface area contributed by atoms with E-state index in [-0.39, 0.29) is 11.9 Å². The van der Waals surface area contributed by atoms with Crippen LogP contribution in [-0.2, 0) is 0 Å². The summed E-state index contributed by atoms with van der Waals surface area (Å²) < 4.78 is 0. The molecule has 0 N–H and O–H groups in total. The molecule has 33 heavy (non-hydrogen) atoms. The molecule has 3 aromatic rings. The first-order valence-electron chi connectivity index (χ1n) is 12.1. The molecule has 4 rings (SSSR count). The summed E-state index contributed by atoms with van der Waals surface area (Å²) in [5.74, 6) is 0.103. The van der Waals surface area contributed by atoms with Crippen LogP contribution in [0.2, 0.25) is 0 Å². The third kappa shape index (κ3) is 5.02. The third-order valence-electron chi connectivity index (χ3n) is 6.80. The van der Waals surface area contributed by atoms with E-state index < -0.39 is 0 Å². The highest BCUT2D eigenvalue weighted by Gasteiger charge is 2.27. The van der Waals surface area contributed by atoms with Crippen LogP contribution in [0.4, 0.5) is 0 Å². The van der Waals surface area contributed by atoms with Crippen molar-refractivity contribution in [3.63, 3.8) is 0 Å². The van der Waals surface area contributed by atoms with Crippen molar-refractivity contribution in [3.05, 3.63) is 96.1 Å². The first kappa shape index (κ1) is 23.2. The predicted molar refractivity (Wildman–Crippen MR) is 138 cm³/mol. The van der Waals surface area contributed by atoms with Crippen molar-refractivity contribution in [1.82, 2.24) is 14.7 Å². The van der Waals surface area contributed by atoms with E-state index in [9.17, 15) is 4.79 Å². The molecule has 0 aliphatic carbocycles. The Kier molecular flexibility index (Phi) is 7.58. The summed E-state index contributed by atoms with van der Waals surface area (Å²) in [7, 11) is 0. The van der Waals surface area contributed by atoms with Crippen molar-refractivity contribution < 1.29 is 4.79 Å². The molecule has 4 nitrogen and oxygen atoms in total. The van der Waals surface area contributed by atoms with Gasteiger partial charge in [-0.25, -0.2) is 0 Å². The number of hydrogen-bond acceptors (Lipinski definition) is 3. The van der Waals surface area contributed by atoms with Crippen LogP contribution in [0, 0.1) is 0 Å². The standard InChI is InChI=1S/C29H35N3O/c1-4-18-30-19-21-32(22-20-30)28(27-13-9-11-23-10-7-8-12-26(23)27)24-14-16-25(17-15-24)29(33)31(5-2)6-3/h4,7-17,28H,1,5-6,18-22H2,2-3H3. The van der Waals surface area contributed by atoms with Gasteiger partial charge in [-0.15, -0.1) is 6.58 Å². The largest absolute Gasteiger partial charge is 0.339 e. The number of nitrogens with zero attached hydrogens (tertiary/aromatic N) is 3. The van der Waals surface area contributed by atoms with Crippen LogP contribution in [0.1, 0.15) is 41.4 Å². The van der Waals surface area contributed by atoms with Gasteiger partial charge in [0.2, 0.25) is 0 Å². The van der Waals surface area contributed by atoms with Crippen LogP contribution in [0.3, 0.4) is 0 Å². The van der Waals surface area contributed by atoms with Crippen molar-refractivity contribution in [3.8, 4) is 0 Å². The fourth-order valence-electron chi connectivity index (χ4n) is 4.96. The van der Waals surface area contributed by atoms with Crippen molar-refractivity contribution in [2.24, 2.45) is 0 Å². The molecule has 1 amide bonds. The number of fused-ring (bicyclic) bond motifs is 1. The van der Waals surface area contributed by atoms with Gasteiger partial charge < -0.3 is 4.90 Å². The molecule has 1 unspecified atom stereocenters. The number of amides is 1. The molecule has 1 fully saturated rings. The molecule has 0 bridgehead atoms. The SMILES string of the molecule is C=CCN1CCN(C(c2ccc(C(=O)N(CC)CC)cc2)c2cccc3ccccc23)CC1. The van der Waals surface area contributed by atoms with Gasteiger partial charge in [0.15, 0.2) is 0 Å². The first-order valence-corrected chi connectivity index (χ1v) is 12.1. The van der Waals surface area contributed by atoms with Gasteiger partial charge >= 0.3 is 0 Å². The Morgan fingerprint density at radius 3 is 2.27 bits per heavy atom. The van der Waals surface area contributed by atoms with E-state index in [2.05, 4.69) is 71.0 Å². The number of benzene rings is 3. The van der Waals surface area contributed by atoms with Crippen molar-refractivity contribution in [2.45, 2.75) is 19.9 Å². The quantitative estimate of drug-likeness (QED) is 0.449. The second-order valence-electron chi connectivity index (χ2n) is 8.70. The molecule has 3 aromatic carbocycles. The Labute approximate surface area is 198 Å². The Bertz CT molecular complexity index is 1070. The van der Waals surface area contributed by atoms with Gasteiger partial charge in [-0.3, -0.25) is 14.6 Å². The molecule has 1 aliphatic heterocycles. The molecular formula is C29H35N3O. The highest BCUT2D eigenvalue weighted by atomic mass is 16.2. The van der Waals surface area contributed by atoms with E-state index in [1.54, 1.807) is 0 Å². The molecule has 0 spiro atoms. The topological polar surface area (TPSA) is 26.8 Å². The monoisotopic (exact) mass is 441 g/mol. The average Bonchev–Trinajstić information content (AvgIpc) is 2.87. The second kappa shape index (κ2) is 10.8. The van der Waals surface area contributed by atoms with Crippen LogP contribution in [-0.4, -0.2) is 66.4 Å². The zero-order chi connectivity index (χ0) is 23.2. The van der Waals surface area contributed by atoms with Crippen LogP contribution in [0.25, 0.3) is 10.8 Å². The van der Waals surface area contributed by atoms with Gasteiger partial charge in [-0.2, -0.15) is 0 Å². The first-order chi connectivity index (χ1) is 16.2. The van der Waals surface area contributed by atoms with Crippen molar-refractivity contribution in [2.75, 3.05) is 45.8 Å². The summed E-state index contributed by atoms with van der Waals surface area (Å²) in [5, 5.41) is 2.56. The molecule has 1 atom stereocenters. The zero-order valence-corrected chi connectivity index (χ0v) is 19.9. The lowest BCUT2D eigenvalue weighted by atomic mass is 9.91. The molecule has 172 valence electrons. The predicted octanol–water partition coefficient (Wildman–Crippen LogP) is 5.21. The summed E-state index contributed by atoms with van der Waals surface area (Å²) in [6.45, 7) is 14.4. The minimum absolute atomic E-state index is 0.103. The van der Waals surface area contributed by atoms with E-state index in [1.807, 2.05) is 37.0 Å². The van der Waals surface area contributed by atoms with E-state index in [4.69, 9.17) is 0 Å². The number of hydrogen-bond donors (Lipinski definition) is 0. The number of piperazine rings is 1. The lowest BCUT2D eigenvalue weighted by Gasteiger charge is -2.40. The molecule has 0 aromatic heterocycles. The smallest absolute Gasteiger partial charge is 0.253 e. The van der Waals surface area contributed by atoms with E-state index >= 15 is 0 Å². The zero-order valence-electron chi connectivity index (χ0n) is 19.9. The minimum atomic E-state index is 0.103. The molecule has 1 saturated heterocycles. The number of rotatable bonds is 8. The highest BCUT2D eigenvalue weighted by molar-refractivity contribution is 5.94. The maximum absolute atomic E-state index is 12.8. The molecular weight excluding hydrogens is 406 g/mol. The van der Waals surface area contributed by atoms with Gasteiger partial charge in [-0.1, -0.05) is 60.7 Å². The fraction of sp³-hybridized carbons (Fsp3) is 0.345. The van der Waals surface area contributed by atoms with Crippen LogP contribution >= 0.6 is 0 Å². The highest BCUT2D eigenvalue weighted by Crippen LogP contribution is 2.34. The number of carbonyl (C=O) groups excluding carboxylic acids is 1. The lowest BCUT2D eigenvalue weighted by Crippen LogP contribution is -2.47. The minimum Gasteiger partial charge on any atom is -0.339 e. The molecule has 4 heteroatoms. The van der Waals surface area contributed by atoms with Gasteiger partial charge in [0.25, 0.3) is 5.91 Å². The van der Waals surface area contributed by atoms with Crippen LogP contribution in [0.15, 0.2) is 79.4 Å². The summed E-state index contributed by atoms with van der Waals surface area (Å²) in [5.41, 5.74) is 3.32. The van der Waals surface area contributed by atoms with Gasteiger partial charge in [-0.05, 0) is 47.9 Å². The van der Waals surface area contributed by atoms with E-state index in [1.165, 1.54) is 21.9 Å². The fourth-order valence-corrected chi connectivity index (χ4v) is 4.96. The lowest BCUT2D eigenvalue weighted by molar-refractivity contribution is 0.0773. The Morgan fingerprint density at radius 2 is 1.61 bits per heavy atom. The average molecular weight is 442 g/mol. The van der Waals surface area contributed by atoms with Crippen LogP contribution in [0.5, 0.6) is 0 Å². The molecule has 0 radical (unpaired) electrons.